The van der Waals surface area contributed by atoms with Gasteiger partial charge in [-0.2, -0.15) is 23.4 Å². The summed E-state index contributed by atoms with van der Waals surface area (Å²) >= 11 is 0. The lowest BCUT2D eigenvalue weighted by Crippen LogP contribution is -2.48. The zero-order chi connectivity index (χ0) is 30.3. The van der Waals surface area contributed by atoms with Gasteiger partial charge in [0.2, 0.25) is 5.96 Å². The molecule has 1 fully saturated rings. The van der Waals surface area contributed by atoms with Gasteiger partial charge in [-0.3, -0.25) is 15.0 Å². The zero-order valence-corrected chi connectivity index (χ0v) is 23.0. The van der Waals surface area contributed by atoms with Crippen LogP contribution in [0.5, 0.6) is 0 Å². The molecular formula is C29H28F3N9O. The number of guanidine groups is 1. The number of piperazine rings is 1. The lowest BCUT2D eigenvalue weighted by molar-refractivity contribution is -0.141. The summed E-state index contributed by atoms with van der Waals surface area (Å²) in [5.41, 5.74) is 7.00. The Kier molecular flexibility index (Phi) is 9.47. The second kappa shape index (κ2) is 13.2. The predicted octanol–water partition coefficient (Wildman–Crippen LogP) is 2.83. The van der Waals surface area contributed by atoms with Crippen molar-refractivity contribution in [3.05, 3.63) is 82.1 Å². The van der Waals surface area contributed by atoms with Crippen LogP contribution in [0.4, 0.5) is 19.0 Å². The number of halogens is 3. The van der Waals surface area contributed by atoms with Gasteiger partial charge in [0, 0.05) is 49.0 Å². The molecule has 0 aliphatic carbocycles. The van der Waals surface area contributed by atoms with E-state index in [1.165, 1.54) is 12.4 Å². The van der Waals surface area contributed by atoms with Crippen LogP contribution in [-0.4, -0.2) is 57.3 Å². The Hall–Kier alpha value is -4.85. The molecule has 4 N–H and O–H groups in total. The average molecular weight is 576 g/mol. The second-order valence-corrected chi connectivity index (χ2v) is 9.81. The highest BCUT2D eigenvalue weighted by atomic mass is 19.4. The number of benzene rings is 1. The molecule has 42 heavy (non-hydrogen) atoms. The summed E-state index contributed by atoms with van der Waals surface area (Å²) in [5, 5.41) is 14.0. The number of carbonyl (C=O) groups is 1. The first kappa shape index (κ1) is 30.1. The molecule has 1 aliphatic rings. The molecule has 0 spiro atoms. The van der Waals surface area contributed by atoms with Gasteiger partial charge in [0.05, 0.1) is 18.8 Å². The monoisotopic (exact) mass is 575 g/mol. The van der Waals surface area contributed by atoms with Crippen molar-refractivity contribution < 1.29 is 18.0 Å². The van der Waals surface area contributed by atoms with Gasteiger partial charge in [0.15, 0.2) is 17.8 Å². The van der Waals surface area contributed by atoms with E-state index in [1.807, 2.05) is 13.8 Å². The first-order valence-electron chi connectivity index (χ1n) is 13.0. The third-order valence-electron chi connectivity index (χ3n) is 6.37. The number of pyridine rings is 1. The SMILES string of the molecule is Cc1ccc(C(=O)Cc2cc(CN3CCNC(C)C3)cc(C(F)(F)F)n2)cc1C#Cc1cnc(N=C(N)NC#N)cn1. The van der Waals surface area contributed by atoms with Crippen molar-refractivity contribution in [2.24, 2.45) is 10.7 Å². The molecule has 3 heterocycles. The van der Waals surface area contributed by atoms with Gasteiger partial charge < -0.3 is 11.1 Å². The van der Waals surface area contributed by atoms with E-state index in [2.05, 4.69) is 47.3 Å². The van der Waals surface area contributed by atoms with Crippen molar-refractivity contribution in [3.63, 3.8) is 0 Å². The number of aliphatic imine (C=N–C) groups is 1. The Bertz CT molecular complexity index is 1590. The van der Waals surface area contributed by atoms with Crippen molar-refractivity contribution in [1.29, 1.82) is 5.26 Å². The van der Waals surface area contributed by atoms with E-state index < -0.39 is 11.9 Å². The summed E-state index contributed by atoms with van der Waals surface area (Å²) in [4.78, 5) is 31.1. The largest absolute Gasteiger partial charge is 0.433 e. The molecule has 0 amide bonds. The number of nitrogens with one attached hydrogen (secondary N) is 2. The van der Waals surface area contributed by atoms with Crippen molar-refractivity contribution >= 4 is 17.6 Å². The maximum Gasteiger partial charge on any atom is 0.433 e. The molecule has 0 saturated carbocycles. The Balaban J connectivity index is 1.52. The number of hydrogen-bond donors (Lipinski definition) is 3. The van der Waals surface area contributed by atoms with Crippen molar-refractivity contribution in [2.75, 3.05) is 19.6 Å². The smallest absolute Gasteiger partial charge is 0.369 e. The Labute approximate surface area is 240 Å². The molecule has 13 heteroatoms. The van der Waals surface area contributed by atoms with Gasteiger partial charge in [0.25, 0.3) is 0 Å². The number of hydrogen-bond acceptors (Lipinski definition) is 8. The summed E-state index contributed by atoms with van der Waals surface area (Å²) in [6.45, 7) is 6.37. The first-order valence-corrected chi connectivity index (χ1v) is 13.0. The molecule has 0 radical (unpaired) electrons. The number of aryl methyl sites for hydroxylation is 1. The molecule has 1 unspecified atom stereocenters. The van der Waals surface area contributed by atoms with E-state index in [1.54, 1.807) is 30.5 Å². The Morgan fingerprint density at radius 1 is 1.24 bits per heavy atom. The highest BCUT2D eigenvalue weighted by Gasteiger charge is 2.33. The predicted molar refractivity (Wildman–Crippen MR) is 149 cm³/mol. The third-order valence-corrected chi connectivity index (χ3v) is 6.37. The maximum absolute atomic E-state index is 13.7. The van der Waals surface area contributed by atoms with Crippen LogP contribution >= 0.6 is 0 Å². The molecule has 1 saturated heterocycles. The molecule has 10 nitrogen and oxygen atoms in total. The second-order valence-electron chi connectivity index (χ2n) is 9.81. The Morgan fingerprint density at radius 3 is 2.74 bits per heavy atom. The fraction of sp³-hybridized carbons (Fsp3) is 0.310. The fourth-order valence-electron chi connectivity index (χ4n) is 4.37. The van der Waals surface area contributed by atoms with E-state index in [4.69, 9.17) is 11.0 Å². The minimum Gasteiger partial charge on any atom is -0.369 e. The van der Waals surface area contributed by atoms with E-state index in [-0.39, 0.29) is 35.7 Å². The van der Waals surface area contributed by atoms with Crippen molar-refractivity contribution in [1.82, 2.24) is 30.5 Å². The van der Waals surface area contributed by atoms with Gasteiger partial charge in [-0.15, -0.1) is 0 Å². The fourth-order valence-corrected chi connectivity index (χ4v) is 4.37. The van der Waals surface area contributed by atoms with Gasteiger partial charge >= 0.3 is 6.18 Å². The van der Waals surface area contributed by atoms with Crippen molar-refractivity contribution in [3.8, 4) is 18.0 Å². The van der Waals surface area contributed by atoms with Gasteiger partial charge in [-0.25, -0.2) is 15.0 Å². The van der Waals surface area contributed by atoms with Crippen molar-refractivity contribution in [2.45, 2.75) is 39.0 Å². The zero-order valence-electron chi connectivity index (χ0n) is 23.0. The lowest BCUT2D eigenvalue weighted by atomic mass is 9.99. The number of Topliss-reactive ketones (excluding diaryl/α,β-unsaturated/α-hetero) is 1. The van der Waals surface area contributed by atoms with E-state index in [0.29, 0.717) is 42.0 Å². The summed E-state index contributed by atoms with van der Waals surface area (Å²) in [5.74, 6) is 5.50. The highest BCUT2D eigenvalue weighted by Crippen LogP contribution is 2.29. The summed E-state index contributed by atoms with van der Waals surface area (Å²) < 4.78 is 41.0. The molecule has 2 aromatic heterocycles. The van der Waals surface area contributed by atoms with Crippen LogP contribution in [0.1, 0.15) is 51.1 Å². The van der Waals surface area contributed by atoms with Gasteiger partial charge in [-0.1, -0.05) is 18.1 Å². The van der Waals surface area contributed by atoms with Gasteiger partial charge in [0.1, 0.15) is 11.4 Å². The van der Waals surface area contributed by atoms with Gasteiger partial charge in [-0.05, 0) is 49.1 Å². The molecule has 0 bridgehead atoms. The number of nitriles is 1. The number of nitrogens with two attached hydrogens (primary N) is 1. The van der Waals surface area contributed by atoms with Crippen LogP contribution in [0.3, 0.4) is 0 Å². The minimum atomic E-state index is -4.63. The number of rotatable bonds is 6. The molecule has 1 atom stereocenters. The van der Waals surface area contributed by atoms with Crippen LogP contribution in [0.2, 0.25) is 0 Å². The van der Waals surface area contributed by atoms with E-state index in [0.717, 1.165) is 18.2 Å². The van der Waals surface area contributed by atoms with Crippen LogP contribution < -0.4 is 16.4 Å². The van der Waals surface area contributed by atoms with Crippen LogP contribution in [-0.2, 0) is 19.1 Å². The number of carbonyl (C=O) groups excluding carboxylic acids is 1. The number of alkyl halides is 3. The number of nitrogens with zero attached hydrogens (tertiary/aromatic N) is 6. The molecule has 1 aromatic carbocycles. The number of aromatic nitrogens is 3. The molecule has 3 aromatic rings. The van der Waals surface area contributed by atoms with E-state index in [9.17, 15) is 18.0 Å². The Morgan fingerprint density at radius 2 is 2.05 bits per heavy atom. The molecule has 1 aliphatic heterocycles. The highest BCUT2D eigenvalue weighted by molar-refractivity contribution is 5.97. The first-order chi connectivity index (χ1) is 20.0. The summed E-state index contributed by atoms with van der Waals surface area (Å²) in [6.07, 6.45) is -0.563. The third kappa shape index (κ3) is 8.33. The maximum atomic E-state index is 13.7. The standard InChI is InChI=1S/C29H28F3N9O/c1-18-3-4-22(11-21(18)5-6-23-13-37-27(14-36-23)40-28(34)38-17-33)25(42)12-24-9-20(10-26(39-24)29(30,31)32)16-41-8-7-35-19(2)15-41/h3-4,9-11,13-14,19,35H,7-8,12,15-16H2,1-2H3,(H3,34,37,38,40). The van der Waals surface area contributed by atoms with E-state index >= 15 is 0 Å². The minimum absolute atomic E-state index is 0.0600. The molecule has 216 valence electrons. The summed E-state index contributed by atoms with van der Waals surface area (Å²) in [7, 11) is 0. The number of ketones is 1. The lowest BCUT2D eigenvalue weighted by Gasteiger charge is -2.32. The van der Waals surface area contributed by atoms with Crippen LogP contribution in [0.15, 0.2) is 47.7 Å². The topological polar surface area (TPSA) is 145 Å². The summed E-state index contributed by atoms with van der Waals surface area (Å²) in [6, 6.07) is 7.81. The average Bonchev–Trinajstić information content (AvgIpc) is 2.93. The molecule has 4 rings (SSSR count). The molecular weight excluding hydrogens is 547 g/mol. The quantitative estimate of drug-likeness (QED) is 0.101. The normalized spacial score (nSPS) is 15.8. The van der Waals surface area contributed by atoms with Crippen LogP contribution in [0, 0.1) is 30.2 Å². The van der Waals surface area contributed by atoms with Crippen LogP contribution in [0.25, 0.3) is 0 Å².